The average molecular weight is 456 g/mol. The Hall–Kier alpha value is -2.25. The second-order valence-corrected chi connectivity index (χ2v) is 9.37. The monoisotopic (exact) mass is 455 g/mol. The number of ether oxygens (including phenoxy) is 2. The molecule has 1 fully saturated rings. The van der Waals surface area contributed by atoms with E-state index >= 15 is 0 Å². The summed E-state index contributed by atoms with van der Waals surface area (Å²) in [5.41, 5.74) is 1.92. The third-order valence-electron chi connectivity index (χ3n) is 4.49. The first-order valence-electron chi connectivity index (χ1n) is 9.30. The van der Waals surface area contributed by atoms with E-state index in [1.165, 1.54) is 18.9 Å². The predicted molar refractivity (Wildman–Crippen MR) is 116 cm³/mol. The Morgan fingerprint density at radius 2 is 2.00 bits per heavy atom. The molecule has 0 aliphatic carbocycles. The maximum absolute atomic E-state index is 12.9. The fourth-order valence-corrected chi connectivity index (χ4v) is 4.95. The number of hydrogen-bond acceptors (Lipinski definition) is 8. The Kier molecular flexibility index (Phi) is 7.26. The molecule has 12 heteroatoms. The van der Waals surface area contributed by atoms with Gasteiger partial charge in [0.1, 0.15) is 0 Å². The summed E-state index contributed by atoms with van der Waals surface area (Å²) in [4.78, 5) is 20.7. The van der Waals surface area contributed by atoms with Crippen LogP contribution in [0.4, 0.5) is 21.3 Å². The van der Waals surface area contributed by atoms with Crippen molar-refractivity contribution in [2.75, 3.05) is 61.7 Å². The van der Waals surface area contributed by atoms with Crippen LogP contribution in [-0.4, -0.2) is 66.0 Å². The molecule has 0 atom stereocenters. The highest BCUT2D eigenvalue weighted by molar-refractivity contribution is 7.91. The number of morpholine rings is 1. The third kappa shape index (κ3) is 5.46. The fourth-order valence-electron chi connectivity index (χ4n) is 2.98. The van der Waals surface area contributed by atoms with E-state index < -0.39 is 16.1 Å². The van der Waals surface area contributed by atoms with Crippen LogP contribution in [0.15, 0.2) is 28.5 Å². The highest BCUT2D eigenvalue weighted by Gasteiger charge is 2.24. The van der Waals surface area contributed by atoms with Crippen LogP contribution in [0.5, 0.6) is 0 Å². The van der Waals surface area contributed by atoms with Gasteiger partial charge >= 0.3 is 6.03 Å². The van der Waals surface area contributed by atoms with Gasteiger partial charge in [0.2, 0.25) is 10.0 Å². The summed E-state index contributed by atoms with van der Waals surface area (Å²) in [6, 6.07) is 7.07. The quantitative estimate of drug-likeness (QED) is 0.649. The molecule has 1 aromatic carbocycles. The molecule has 0 bridgehead atoms. The Morgan fingerprint density at radius 1 is 1.33 bits per heavy atom. The number of anilines is 3. The molecule has 30 heavy (non-hydrogen) atoms. The summed E-state index contributed by atoms with van der Waals surface area (Å²) in [6.07, 6.45) is 0. The molecule has 3 rings (SSSR count). The lowest BCUT2D eigenvalue weighted by molar-refractivity contribution is 0.122. The second-order valence-electron chi connectivity index (χ2n) is 6.64. The van der Waals surface area contributed by atoms with Gasteiger partial charge in [-0.2, -0.15) is 0 Å². The molecule has 2 aromatic rings. The fraction of sp³-hybridized carbons (Fsp3) is 0.444. The van der Waals surface area contributed by atoms with Crippen LogP contribution in [0.3, 0.4) is 0 Å². The molecule has 3 N–H and O–H groups in total. The predicted octanol–water partition coefficient (Wildman–Crippen LogP) is 1.62. The third-order valence-corrected chi connectivity index (χ3v) is 7.23. The zero-order valence-corrected chi connectivity index (χ0v) is 18.5. The number of hydrogen-bond donors (Lipinski definition) is 2. The van der Waals surface area contributed by atoms with Crippen LogP contribution in [0.25, 0.3) is 0 Å². The lowest BCUT2D eigenvalue weighted by atomic mass is 10.2. The van der Waals surface area contributed by atoms with E-state index in [-0.39, 0.29) is 28.2 Å². The number of primary sulfonamides is 1. The number of amides is 2. The van der Waals surface area contributed by atoms with Gasteiger partial charge in [-0.3, -0.25) is 4.90 Å². The van der Waals surface area contributed by atoms with Gasteiger partial charge in [-0.15, -0.1) is 0 Å². The number of nitrogens with zero attached hydrogens (tertiary/aromatic N) is 3. The van der Waals surface area contributed by atoms with Crippen molar-refractivity contribution in [1.82, 2.24) is 4.98 Å². The van der Waals surface area contributed by atoms with Crippen LogP contribution >= 0.6 is 11.3 Å². The number of thiazole rings is 1. The minimum Gasteiger partial charge on any atom is -0.383 e. The van der Waals surface area contributed by atoms with Crippen molar-refractivity contribution in [2.45, 2.75) is 11.1 Å². The van der Waals surface area contributed by atoms with Gasteiger partial charge in [0.15, 0.2) is 9.34 Å². The topological polar surface area (TPSA) is 127 Å². The molecule has 2 heterocycles. The molecule has 1 aromatic heterocycles. The summed E-state index contributed by atoms with van der Waals surface area (Å²) < 4.78 is 33.8. The Labute approximate surface area is 179 Å². The van der Waals surface area contributed by atoms with Gasteiger partial charge in [0.25, 0.3) is 0 Å². The largest absolute Gasteiger partial charge is 0.383 e. The van der Waals surface area contributed by atoms with Crippen LogP contribution in [0.1, 0.15) is 5.69 Å². The Bertz CT molecular complexity index is 971. The number of sulfonamides is 1. The van der Waals surface area contributed by atoms with Crippen LogP contribution in [0, 0.1) is 6.92 Å². The van der Waals surface area contributed by atoms with Crippen molar-refractivity contribution in [2.24, 2.45) is 5.14 Å². The van der Waals surface area contributed by atoms with Crippen LogP contribution in [-0.2, 0) is 19.5 Å². The normalized spacial score (nSPS) is 14.6. The SMILES string of the molecule is COCCN(C(=O)Nc1ccc(N2CCOCC2)cc1)c1nc(C)c(S(N)(=O)=O)s1. The van der Waals surface area contributed by atoms with E-state index in [9.17, 15) is 13.2 Å². The minimum atomic E-state index is -3.91. The molecule has 10 nitrogen and oxygen atoms in total. The molecule has 0 spiro atoms. The first-order chi connectivity index (χ1) is 14.3. The van der Waals surface area contributed by atoms with Crippen molar-refractivity contribution < 1.29 is 22.7 Å². The van der Waals surface area contributed by atoms with Crippen molar-refractivity contribution >= 4 is 43.9 Å². The molecule has 1 aliphatic rings. The number of urea groups is 1. The van der Waals surface area contributed by atoms with Gasteiger partial charge < -0.3 is 19.7 Å². The second kappa shape index (κ2) is 9.71. The first kappa shape index (κ1) is 22.4. The summed E-state index contributed by atoms with van der Waals surface area (Å²) in [7, 11) is -2.40. The number of rotatable bonds is 7. The number of aryl methyl sites for hydroxylation is 1. The summed E-state index contributed by atoms with van der Waals surface area (Å²) in [5.74, 6) is 0. The number of methoxy groups -OCH3 is 1. The van der Waals surface area contributed by atoms with Crippen LogP contribution < -0.4 is 20.3 Å². The standard InChI is InChI=1S/C18H25N5O5S2/c1-13-16(30(19,25)26)29-18(20-13)23(9-10-27-2)17(24)21-14-3-5-15(6-4-14)22-7-11-28-12-8-22/h3-6H,7-12H2,1-2H3,(H,21,24)(H2,19,25,26). The minimum absolute atomic E-state index is 0.0671. The van der Waals surface area contributed by atoms with E-state index in [1.54, 1.807) is 0 Å². The molecule has 2 amide bonds. The first-order valence-corrected chi connectivity index (χ1v) is 11.7. The number of carbonyl (C=O) groups is 1. The molecule has 1 aliphatic heterocycles. The van der Waals surface area contributed by atoms with Crippen molar-refractivity contribution in [3.05, 3.63) is 30.0 Å². The highest BCUT2D eigenvalue weighted by atomic mass is 32.2. The van der Waals surface area contributed by atoms with Crippen molar-refractivity contribution in [3.63, 3.8) is 0 Å². The maximum Gasteiger partial charge on any atom is 0.328 e. The Balaban J connectivity index is 1.75. The molecular weight excluding hydrogens is 430 g/mol. The number of nitrogens with one attached hydrogen (secondary N) is 1. The van der Waals surface area contributed by atoms with Gasteiger partial charge in [-0.1, -0.05) is 11.3 Å². The van der Waals surface area contributed by atoms with E-state index in [4.69, 9.17) is 14.6 Å². The van der Waals surface area contributed by atoms with Crippen molar-refractivity contribution in [1.29, 1.82) is 0 Å². The number of carbonyl (C=O) groups excluding carboxylic acids is 1. The lowest BCUT2D eigenvalue weighted by Gasteiger charge is -2.29. The maximum atomic E-state index is 12.9. The zero-order valence-electron chi connectivity index (χ0n) is 16.8. The summed E-state index contributed by atoms with van der Waals surface area (Å²) in [6.45, 7) is 5.04. The summed E-state index contributed by atoms with van der Waals surface area (Å²) >= 11 is 0.852. The number of nitrogens with two attached hydrogens (primary N) is 1. The van der Waals surface area contributed by atoms with Gasteiger partial charge in [0.05, 0.1) is 32.1 Å². The molecule has 164 valence electrons. The molecule has 0 unspecified atom stereocenters. The van der Waals surface area contributed by atoms with Crippen LogP contribution in [0.2, 0.25) is 0 Å². The highest BCUT2D eigenvalue weighted by Crippen LogP contribution is 2.29. The molecule has 0 saturated carbocycles. The van der Waals surface area contributed by atoms with Crippen molar-refractivity contribution in [3.8, 4) is 0 Å². The smallest absolute Gasteiger partial charge is 0.328 e. The molecule has 0 radical (unpaired) electrons. The van der Waals surface area contributed by atoms with E-state index in [0.29, 0.717) is 18.9 Å². The summed E-state index contributed by atoms with van der Waals surface area (Å²) in [5, 5.41) is 8.29. The van der Waals surface area contributed by atoms with Gasteiger partial charge in [-0.05, 0) is 31.2 Å². The number of aromatic nitrogens is 1. The van der Waals surface area contributed by atoms with Gasteiger partial charge in [-0.25, -0.2) is 23.3 Å². The Morgan fingerprint density at radius 3 is 2.57 bits per heavy atom. The van der Waals surface area contributed by atoms with Gasteiger partial charge in [0, 0.05) is 31.6 Å². The average Bonchev–Trinajstić information content (AvgIpc) is 3.11. The lowest BCUT2D eigenvalue weighted by Crippen LogP contribution is -2.37. The zero-order chi connectivity index (χ0) is 21.7. The van der Waals surface area contributed by atoms with E-state index in [0.717, 1.165) is 30.1 Å². The van der Waals surface area contributed by atoms with E-state index in [2.05, 4.69) is 15.2 Å². The molecule has 1 saturated heterocycles. The molecular formula is C18H25N5O5S2. The number of benzene rings is 1. The van der Waals surface area contributed by atoms with E-state index in [1.807, 2.05) is 24.3 Å².